The monoisotopic (exact) mass is 273 g/mol. The van der Waals surface area contributed by atoms with Crippen molar-refractivity contribution in [3.8, 4) is 0 Å². The molecule has 0 aliphatic heterocycles. The molecule has 0 amide bonds. The topological polar surface area (TPSA) is 12.4 Å². The SMILES string of the molecule is CC(C)(Br)C(Cl)=NCc1ccccc1. The van der Waals surface area contributed by atoms with Crippen LogP contribution in [0.15, 0.2) is 35.3 Å². The van der Waals surface area contributed by atoms with Crippen molar-refractivity contribution in [3.05, 3.63) is 35.9 Å². The summed E-state index contributed by atoms with van der Waals surface area (Å²) in [4.78, 5) is 4.30. The molecule has 0 aromatic heterocycles. The smallest absolute Gasteiger partial charge is 0.117 e. The van der Waals surface area contributed by atoms with Crippen molar-refractivity contribution in [1.82, 2.24) is 0 Å². The molecule has 0 saturated carbocycles. The number of benzene rings is 1. The predicted molar refractivity (Wildman–Crippen MR) is 66.4 cm³/mol. The van der Waals surface area contributed by atoms with E-state index >= 15 is 0 Å². The Kier molecular flexibility index (Phi) is 4.14. The van der Waals surface area contributed by atoms with Gasteiger partial charge in [0.15, 0.2) is 0 Å². The molecule has 0 radical (unpaired) electrons. The first-order valence-electron chi connectivity index (χ1n) is 4.43. The van der Waals surface area contributed by atoms with Crippen molar-refractivity contribution >= 4 is 32.7 Å². The van der Waals surface area contributed by atoms with Crippen molar-refractivity contribution in [3.63, 3.8) is 0 Å². The van der Waals surface area contributed by atoms with E-state index in [9.17, 15) is 0 Å². The second kappa shape index (κ2) is 4.94. The van der Waals surface area contributed by atoms with Crippen LogP contribution in [-0.4, -0.2) is 9.50 Å². The van der Waals surface area contributed by atoms with E-state index in [0.717, 1.165) is 0 Å². The van der Waals surface area contributed by atoms with Crippen LogP contribution in [0.1, 0.15) is 19.4 Å². The fourth-order valence-electron chi connectivity index (χ4n) is 0.932. The molecular formula is C11H13BrClN. The Morgan fingerprint density at radius 1 is 1.36 bits per heavy atom. The van der Waals surface area contributed by atoms with E-state index in [1.807, 2.05) is 44.2 Å². The van der Waals surface area contributed by atoms with Crippen LogP contribution in [0.2, 0.25) is 0 Å². The number of nitrogens with zero attached hydrogens (tertiary/aromatic N) is 1. The first-order chi connectivity index (χ1) is 6.50. The Balaban J connectivity index is 2.65. The minimum atomic E-state index is -0.233. The third-order valence-corrected chi connectivity index (χ3v) is 2.93. The Hall–Kier alpha value is -0.340. The average molecular weight is 275 g/mol. The molecule has 1 aromatic carbocycles. The maximum Gasteiger partial charge on any atom is 0.117 e. The molecule has 0 heterocycles. The highest BCUT2D eigenvalue weighted by Crippen LogP contribution is 2.21. The quantitative estimate of drug-likeness (QED) is 0.584. The number of aliphatic imine (C=N–C) groups is 1. The number of rotatable bonds is 3. The second-order valence-electron chi connectivity index (χ2n) is 3.57. The van der Waals surface area contributed by atoms with Gasteiger partial charge >= 0.3 is 0 Å². The lowest BCUT2D eigenvalue weighted by molar-refractivity contribution is 0.957. The zero-order valence-electron chi connectivity index (χ0n) is 8.30. The molecule has 0 fully saturated rings. The van der Waals surface area contributed by atoms with Crippen LogP contribution in [0.3, 0.4) is 0 Å². The van der Waals surface area contributed by atoms with Gasteiger partial charge in [0.1, 0.15) is 5.17 Å². The van der Waals surface area contributed by atoms with E-state index in [-0.39, 0.29) is 4.32 Å². The predicted octanol–water partition coefficient (Wildman–Crippen LogP) is 4.00. The van der Waals surface area contributed by atoms with E-state index in [1.165, 1.54) is 5.56 Å². The van der Waals surface area contributed by atoms with Crippen molar-refractivity contribution in [2.24, 2.45) is 4.99 Å². The fraction of sp³-hybridized carbons (Fsp3) is 0.364. The number of halogens is 2. The Morgan fingerprint density at radius 2 is 1.93 bits per heavy atom. The standard InChI is InChI=1S/C11H13BrClN/c1-11(2,12)10(13)14-8-9-6-4-3-5-7-9/h3-7H,8H2,1-2H3. The first-order valence-corrected chi connectivity index (χ1v) is 5.60. The molecule has 3 heteroatoms. The van der Waals surface area contributed by atoms with Gasteiger partial charge in [-0.15, -0.1) is 0 Å². The van der Waals surface area contributed by atoms with Gasteiger partial charge in [-0.2, -0.15) is 0 Å². The Bertz CT molecular complexity index is 314. The normalized spacial score (nSPS) is 13.0. The van der Waals surface area contributed by atoms with Crippen LogP contribution in [0.4, 0.5) is 0 Å². The van der Waals surface area contributed by atoms with Gasteiger partial charge in [-0.3, -0.25) is 4.99 Å². The minimum absolute atomic E-state index is 0.233. The molecule has 1 nitrogen and oxygen atoms in total. The van der Waals surface area contributed by atoms with Gasteiger partial charge in [-0.1, -0.05) is 57.9 Å². The van der Waals surface area contributed by atoms with E-state index in [1.54, 1.807) is 0 Å². The minimum Gasteiger partial charge on any atom is -0.271 e. The summed E-state index contributed by atoms with van der Waals surface area (Å²) in [7, 11) is 0. The molecule has 0 atom stereocenters. The molecule has 0 saturated heterocycles. The van der Waals surface area contributed by atoms with Gasteiger partial charge in [-0.25, -0.2) is 0 Å². The molecule has 76 valence electrons. The van der Waals surface area contributed by atoms with Gasteiger partial charge in [0.05, 0.1) is 10.9 Å². The summed E-state index contributed by atoms with van der Waals surface area (Å²) in [6.45, 7) is 4.59. The highest BCUT2D eigenvalue weighted by molar-refractivity contribution is 9.10. The van der Waals surface area contributed by atoms with Crippen LogP contribution >= 0.6 is 27.5 Å². The van der Waals surface area contributed by atoms with E-state index in [4.69, 9.17) is 11.6 Å². The molecule has 0 N–H and O–H groups in total. The van der Waals surface area contributed by atoms with Crippen LogP contribution in [-0.2, 0) is 6.54 Å². The maximum atomic E-state index is 6.01. The summed E-state index contributed by atoms with van der Waals surface area (Å²) in [5.41, 5.74) is 1.17. The summed E-state index contributed by atoms with van der Waals surface area (Å²) in [5, 5.41) is 0.598. The lowest BCUT2D eigenvalue weighted by atomic mass is 10.2. The van der Waals surface area contributed by atoms with Crippen molar-refractivity contribution in [2.75, 3.05) is 0 Å². The zero-order chi connectivity index (χ0) is 10.6. The summed E-state index contributed by atoms with van der Waals surface area (Å²) >= 11 is 9.46. The van der Waals surface area contributed by atoms with Crippen LogP contribution in [0.25, 0.3) is 0 Å². The summed E-state index contributed by atoms with van der Waals surface area (Å²) in [5.74, 6) is 0. The third-order valence-electron chi connectivity index (χ3n) is 1.73. The van der Waals surface area contributed by atoms with Gasteiger partial charge in [-0.05, 0) is 19.4 Å². The van der Waals surface area contributed by atoms with E-state index in [0.29, 0.717) is 11.7 Å². The lowest BCUT2D eigenvalue weighted by Gasteiger charge is -2.13. The third kappa shape index (κ3) is 3.81. The lowest BCUT2D eigenvalue weighted by Crippen LogP contribution is -2.18. The van der Waals surface area contributed by atoms with Crippen LogP contribution < -0.4 is 0 Å². The zero-order valence-corrected chi connectivity index (χ0v) is 10.6. The molecule has 0 spiro atoms. The summed E-state index contributed by atoms with van der Waals surface area (Å²) in [6.07, 6.45) is 0. The molecule has 0 aliphatic rings. The van der Waals surface area contributed by atoms with Crippen LogP contribution in [0.5, 0.6) is 0 Å². The first kappa shape index (κ1) is 11.7. The van der Waals surface area contributed by atoms with Crippen molar-refractivity contribution in [1.29, 1.82) is 0 Å². The molecule has 0 unspecified atom stereocenters. The highest BCUT2D eigenvalue weighted by atomic mass is 79.9. The molecule has 0 bridgehead atoms. The largest absolute Gasteiger partial charge is 0.271 e. The fourth-order valence-corrected chi connectivity index (χ4v) is 1.12. The van der Waals surface area contributed by atoms with E-state index < -0.39 is 0 Å². The number of alkyl halides is 1. The molecule has 1 aromatic rings. The molecular weight excluding hydrogens is 261 g/mol. The van der Waals surface area contributed by atoms with Gasteiger partial charge in [0.25, 0.3) is 0 Å². The maximum absolute atomic E-state index is 6.01. The van der Waals surface area contributed by atoms with Gasteiger partial charge < -0.3 is 0 Å². The van der Waals surface area contributed by atoms with Gasteiger partial charge in [0.2, 0.25) is 0 Å². The average Bonchev–Trinajstić information content (AvgIpc) is 2.14. The summed E-state index contributed by atoms with van der Waals surface area (Å²) in [6, 6.07) is 10.1. The number of hydrogen-bond acceptors (Lipinski definition) is 1. The van der Waals surface area contributed by atoms with Crippen molar-refractivity contribution in [2.45, 2.75) is 24.7 Å². The van der Waals surface area contributed by atoms with Crippen LogP contribution in [0, 0.1) is 0 Å². The number of hydrogen-bond donors (Lipinski definition) is 0. The molecule has 14 heavy (non-hydrogen) atoms. The summed E-state index contributed by atoms with van der Waals surface area (Å²) < 4.78 is -0.233. The molecule has 1 rings (SSSR count). The Labute approximate surface area is 98.3 Å². The second-order valence-corrected chi connectivity index (χ2v) is 5.91. The Morgan fingerprint density at radius 3 is 2.43 bits per heavy atom. The van der Waals surface area contributed by atoms with E-state index in [2.05, 4.69) is 20.9 Å². The molecule has 0 aliphatic carbocycles. The highest BCUT2D eigenvalue weighted by Gasteiger charge is 2.18. The van der Waals surface area contributed by atoms with Crippen molar-refractivity contribution < 1.29 is 0 Å². The van der Waals surface area contributed by atoms with Gasteiger partial charge in [0, 0.05) is 0 Å².